The summed E-state index contributed by atoms with van der Waals surface area (Å²) in [4.78, 5) is 11.9. The van der Waals surface area contributed by atoms with E-state index in [9.17, 15) is 26.3 Å². The molecule has 3 aromatic rings. The molecule has 2 aliphatic rings. The number of hydrogen-bond acceptors (Lipinski definition) is 4. The van der Waals surface area contributed by atoms with Crippen molar-refractivity contribution < 1.29 is 31.1 Å². The van der Waals surface area contributed by atoms with Crippen molar-refractivity contribution in [2.24, 2.45) is 5.92 Å². The molecule has 0 unspecified atom stereocenters. The Morgan fingerprint density at radius 3 is 2.40 bits per heavy atom. The van der Waals surface area contributed by atoms with Gasteiger partial charge in [0.2, 0.25) is 5.95 Å². The largest absolute Gasteiger partial charge is 0.433 e. The second-order valence-electron chi connectivity index (χ2n) is 8.92. The molecular formula is C23H21ClF6N4O. The maximum atomic E-state index is 13.5. The fourth-order valence-corrected chi connectivity index (χ4v) is 5.16. The minimum atomic E-state index is -5.05. The van der Waals surface area contributed by atoms with Crippen molar-refractivity contribution in [3.63, 3.8) is 0 Å². The second-order valence-corrected chi connectivity index (χ2v) is 9.36. The zero-order chi connectivity index (χ0) is 25.0. The number of hydrogen-bond donors (Lipinski definition) is 1. The first-order valence-corrected chi connectivity index (χ1v) is 11.6. The number of nitrogens with zero attached hydrogens (tertiary/aromatic N) is 3. The topological polar surface area (TPSA) is 54.0 Å². The van der Waals surface area contributed by atoms with Gasteiger partial charge in [0.25, 0.3) is 0 Å². The summed E-state index contributed by atoms with van der Waals surface area (Å²) in [5, 5.41) is 1.42. The van der Waals surface area contributed by atoms with Gasteiger partial charge in [-0.1, -0.05) is 11.6 Å². The van der Waals surface area contributed by atoms with Crippen molar-refractivity contribution in [1.82, 2.24) is 15.0 Å². The number of ether oxygens (including phenoxy) is 1. The molecule has 2 aromatic heterocycles. The van der Waals surface area contributed by atoms with E-state index in [1.807, 2.05) is 12.1 Å². The molecule has 0 saturated carbocycles. The predicted octanol–water partition coefficient (Wildman–Crippen LogP) is 6.57. The number of nitrogens with one attached hydrogen (secondary N) is 1. The van der Waals surface area contributed by atoms with Gasteiger partial charge < -0.3 is 14.6 Å². The van der Waals surface area contributed by atoms with Crippen molar-refractivity contribution in [2.45, 2.75) is 44.1 Å². The Kier molecular flexibility index (Phi) is 6.11. The van der Waals surface area contributed by atoms with Crippen LogP contribution in [0.2, 0.25) is 5.02 Å². The highest BCUT2D eigenvalue weighted by Gasteiger charge is 2.42. The molecule has 2 aliphatic heterocycles. The SMILES string of the molecule is FC(F)(F)c1cc(C(F)(F)F)nc(N2CCc3c([nH]c4ccc(Cl)cc34)[C@@H]2C[C@@H]2CCCOC2)n1. The Bertz CT molecular complexity index is 1200. The van der Waals surface area contributed by atoms with Gasteiger partial charge >= 0.3 is 12.4 Å². The number of rotatable bonds is 3. The third-order valence-electron chi connectivity index (χ3n) is 6.58. The van der Waals surface area contributed by atoms with Crippen molar-refractivity contribution in [3.8, 4) is 0 Å². The average Bonchev–Trinajstić information content (AvgIpc) is 3.17. The molecular weight excluding hydrogens is 498 g/mol. The molecule has 1 N–H and O–H groups in total. The molecule has 188 valence electrons. The summed E-state index contributed by atoms with van der Waals surface area (Å²) >= 11 is 6.18. The van der Waals surface area contributed by atoms with Gasteiger partial charge in [-0.3, -0.25) is 0 Å². The van der Waals surface area contributed by atoms with Crippen LogP contribution in [0.25, 0.3) is 10.9 Å². The number of alkyl halides is 6. The van der Waals surface area contributed by atoms with Gasteiger partial charge in [-0.15, -0.1) is 0 Å². The normalized spacial score (nSPS) is 21.4. The molecule has 5 nitrogen and oxygen atoms in total. The highest BCUT2D eigenvalue weighted by Crippen LogP contribution is 2.42. The van der Waals surface area contributed by atoms with E-state index in [0.717, 1.165) is 35.0 Å². The van der Waals surface area contributed by atoms with Gasteiger partial charge in [0.1, 0.15) is 0 Å². The van der Waals surface area contributed by atoms with E-state index in [1.54, 1.807) is 6.07 Å². The van der Waals surface area contributed by atoms with E-state index >= 15 is 0 Å². The van der Waals surface area contributed by atoms with E-state index in [-0.39, 0.29) is 18.5 Å². The zero-order valence-corrected chi connectivity index (χ0v) is 19.1. The monoisotopic (exact) mass is 518 g/mol. The molecule has 0 bridgehead atoms. The van der Waals surface area contributed by atoms with Crippen LogP contribution in [0.1, 0.15) is 47.9 Å². The number of aromatic nitrogens is 3. The summed E-state index contributed by atoms with van der Waals surface area (Å²) in [7, 11) is 0. The highest BCUT2D eigenvalue weighted by molar-refractivity contribution is 6.31. The number of halogens is 7. The maximum Gasteiger partial charge on any atom is 0.433 e. The van der Waals surface area contributed by atoms with E-state index in [4.69, 9.17) is 16.3 Å². The van der Waals surface area contributed by atoms with E-state index in [1.165, 1.54) is 4.90 Å². The zero-order valence-electron chi connectivity index (χ0n) is 18.3. The summed E-state index contributed by atoms with van der Waals surface area (Å²) in [5.41, 5.74) is -0.767. The first-order valence-electron chi connectivity index (χ1n) is 11.2. The van der Waals surface area contributed by atoms with Gasteiger partial charge in [-0.2, -0.15) is 26.3 Å². The quantitative estimate of drug-likeness (QED) is 0.398. The average molecular weight is 519 g/mol. The fraction of sp³-hybridized carbons (Fsp3) is 0.478. The lowest BCUT2D eigenvalue weighted by Gasteiger charge is -2.38. The minimum absolute atomic E-state index is 0.0478. The van der Waals surface area contributed by atoms with Gasteiger partial charge in [-0.05, 0) is 61.4 Å². The van der Waals surface area contributed by atoms with Gasteiger partial charge in [0.15, 0.2) is 11.4 Å². The van der Waals surface area contributed by atoms with Crippen LogP contribution < -0.4 is 4.90 Å². The molecule has 12 heteroatoms. The fourth-order valence-electron chi connectivity index (χ4n) is 4.99. The molecule has 0 aliphatic carbocycles. The Labute approximate surface area is 201 Å². The van der Waals surface area contributed by atoms with Crippen LogP contribution in [0.3, 0.4) is 0 Å². The highest BCUT2D eigenvalue weighted by atomic mass is 35.5. The van der Waals surface area contributed by atoms with Gasteiger partial charge in [0.05, 0.1) is 6.04 Å². The molecule has 4 heterocycles. The summed E-state index contributed by atoms with van der Waals surface area (Å²) in [6, 6.07) is 4.74. The standard InChI is InChI=1S/C23H21ClF6N4O/c24-13-3-4-16-15(9-13)14-5-6-34(17(20(14)31-16)8-12-2-1-7-35-11-12)21-32-18(22(25,26)27)10-19(33-21)23(28,29)30/h3-4,9-10,12,17,31H,1-2,5-8,11H2/t12-,17-/m0/s1. The summed E-state index contributed by atoms with van der Waals surface area (Å²) in [5.74, 6) is -0.499. The number of H-pyrrole nitrogens is 1. The Hall–Kier alpha value is -2.53. The minimum Gasteiger partial charge on any atom is -0.381 e. The van der Waals surface area contributed by atoms with Crippen LogP contribution in [0, 0.1) is 5.92 Å². The number of fused-ring (bicyclic) bond motifs is 3. The van der Waals surface area contributed by atoms with Crippen LogP contribution in [0.15, 0.2) is 24.3 Å². The lowest BCUT2D eigenvalue weighted by Crippen LogP contribution is -2.39. The summed E-state index contributed by atoms with van der Waals surface area (Å²) < 4.78 is 86.4. The van der Waals surface area contributed by atoms with Crippen LogP contribution in [0.5, 0.6) is 0 Å². The molecule has 0 radical (unpaired) electrons. The van der Waals surface area contributed by atoms with Crippen LogP contribution in [-0.4, -0.2) is 34.7 Å². The number of benzene rings is 1. The molecule has 5 rings (SSSR count). The molecule has 1 saturated heterocycles. The van der Waals surface area contributed by atoms with Crippen LogP contribution in [-0.2, 0) is 23.5 Å². The summed E-state index contributed by atoms with van der Waals surface area (Å²) in [6.07, 6.45) is -7.57. The molecule has 1 fully saturated rings. The molecule has 0 spiro atoms. The van der Waals surface area contributed by atoms with Crippen LogP contribution >= 0.6 is 11.6 Å². The van der Waals surface area contributed by atoms with E-state index < -0.39 is 35.7 Å². The van der Waals surface area contributed by atoms with Gasteiger partial charge in [0, 0.05) is 41.4 Å². The van der Waals surface area contributed by atoms with Crippen molar-refractivity contribution in [2.75, 3.05) is 24.7 Å². The van der Waals surface area contributed by atoms with Crippen molar-refractivity contribution >= 4 is 28.5 Å². The van der Waals surface area contributed by atoms with Crippen molar-refractivity contribution in [3.05, 3.63) is 51.9 Å². The molecule has 1 aromatic carbocycles. The molecule has 2 atom stereocenters. The second kappa shape index (κ2) is 8.85. The molecule has 35 heavy (non-hydrogen) atoms. The third kappa shape index (κ3) is 4.80. The first-order chi connectivity index (χ1) is 16.5. The first kappa shape index (κ1) is 24.2. The number of anilines is 1. The Morgan fingerprint density at radius 1 is 1.06 bits per heavy atom. The smallest absolute Gasteiger partial charge is 0.381 e. The lowest BCUT2D eigenvalue weighted by atomic mass is 9.88. The van der Waals surface area contributed by atoms with E-state index in [0.29, 0.717) is 31.1 Å². The van der Waals surface area contributed by atoms with Gasteiger partial charge in [-0.25, -0.2) is 9.97 Å². The Balaban J connectivity index is 1.63. The number of aromatic amines is 1. The maximum absolute atomic E-state index is 13.5. The lowest BCUT2D eigenvalue weighted by molar-refractivity contribution is -0.147. The van der Waals surface area contributed by atoms with Crippen LogP contribution in [0.4, 0.5) is 32.3 Å². The summed E-state index contributed by atoms with van der Waals surface area (Å²) in [6.45, 7) is 1.26. The Morgan fingerprint density at radius 2 is 1.77 bits per heavy atom. The third-order valence-corrected chi connectivity index (χ3v) is 6.81. The van der Waals surface area contributed by atoms with E-state index in [2.05, 4.69) is 15.0 Å². The predicted molar refractivity (Wildman–Crippen MR) is 117 cm³/mol. The molecule has 0 amide bonds. The van der Waals surface area contributed by atoms with Crippen molar-refractivity contribution in [1.29, 1.82) is 0 Å².